The van der Waals surface area contributed by atoms with Crippen molar-refractivity contribution in [3.8, 4) is 5.75 Å². The van der Waals surface area contributed by atoms with Crippen molar-refractivity contribution in [2.75, 3.05) is 5.32 Å². The molecule has 0 aliphatic carbocycles. The highest BCUT2D eigenvalue weighted by Gasteiger charge is 2.11. The Morgan fingerprint density at radius 3 is 2.36 bits per heavy atom. The molecule has 5 nitrogen and oxygen atoms in total. The smallest absolute Gasteiger partial charge is 0.269 e. The lowest BCUT2D eigenvalue weighted by Crippen LogP contribution is -2.05. The number of benzene rings is 3. The molecule has 3 aromatic rings. The zero-order valence-electron chi connectivity index (χ0n) is 15.1. The first-order chi connectivity index (χ1) is 13.4. The van der Waals surface area contributed by atoms with Crippen LogP contribution in [0.25, 0.3) is 0 Å². The van der Waals surface area contributed by atoms with E-state index in [0.717, 1.165) is 31.5 Å². The summed E-state index contributed by atoms with van der Waals surface area (Å²) in [7, 11) is 0. The van der Waals surface area contributed by atoms with Gasteiger partial charge >= 0.3 is 0 Å². The second-order valence-corrected chi connectivity index (χ2v) is 8.08. The molecular weight excluding hydrogens is 488 g/mol. The van der Waals surface area contributed by atoms with Gasteiger partial charge in [0.15, 0.2) is 0 Å². The second kappa shape index (κ2) is 9.21. The van der Waals surface area contributed by atoms with Crippen LogP contribution in [0, 0.1) is 17.0 Å². The standard InChI is InChI=1S/C21H18Br2N2O3/c1-14-2-4-15(5-3-14)13-28-21-16(10-17(22)11-20(21)23)12-24-18-6-8-19(9-7-18)25(26)27/h2-11,24H,12-13H2,1H3. The molecule has 7 heteroatoms. The molecule has 0 unspecified atom stereocenters. The van der Waals surface area contributed by atoms with Crippen LogP contribution >= 0.6 is 31.9 Å². The molecule has 28 heavy (non-hydrogen) atoms. The minimum Gasteiger partial charge on any atom is -0.487 e. The third-order valence-corrected chi connectivity index (χ3v) is 5.20. The molecular formula is C21H18Br2N2O3. The lowest BCUT2D eigenvalue weighted by Gasteiger charge is -2.15. The highest BCUT2D eigenvalue weighted by Crippen LogP contribution is 2.34. The topological polar surface area (TPSA) is 64.4 Å². The summed E-state index contributed by atoms with van der Waals surface area (Å²) in [6, 6.07) is 18.5. The number of ether oxygens (including phenoxy) is 1. The first kappa shape index (κ1) is 20.4. The maximum atomic E-state index is 10.8. The Bertz CT molecular complexity index is 974. The molecule has 0 aliphatic heterocycles. The van der Waals surface area contributed by atoms with Crippen LogP contribution in [0.5, 0.6) is 5.75 Å². The number of aryl methyl sites for hydroxylation is 1. The summed E-state index contributed by atoms with van der Waals surface area (Å²) in [4.78, 5) is 10.4. The monoisotopic (exact) mass is 504 g/mol. The van der Waals surface area contributed by atoms with Gasteiger partial charge in [-0.3, -0.25) is 10.1 Å². The highest BCUT2D eigenvalue weighted by molar-refractivity contribution is 9.11. The second-order valence-electron chi connectivity index (χ2n) is 6.31. The minimum absolute atomic E-state index is 0.0675. The van der Waals surface area contributed by atoms with E-state index in [2.05, 4.69) is 68.4 Å². The molecule has 0 bridgehead atoms. The van der Waals surface area contributed by atoms with Crippen molar-refractivity contribution in [2.24, 2.45) is 0 Å². The van der Waals surface area contributed by atoms with Crippen LogP contribution in [-0.2, 0) is 13.2 Å². The van der Waals surface area contributed by atoms with E-state index < -0.39 is 4.92 Å². The molecule has 1 N–H and O–H groups in total. The Hall–Kier alpha value is -2.38. The molecule has 0 aromatic heterocycles. The third-order valence-electron chi connectivity index (χ3n) is 4.15. The highest BCUT2D eigenvalue weighted by atomic mass is 79.9. The van der Waals surface area contributed by atoms with Gasteiger partial charge in [-0.25, -0.2) is 0 Å². The fourth-order valence-corrected chi connectivity index (χ4v) is 4.07. The summed E-state index contributed by atoms with van der Waals surface area (Å²) in [6.07, 6.45) is 0. The summed E-state index contributed by atoms with van der Waals surface area (Å²) in [5, 5.41) is 14.1. The SMILES string of the molecule is Cc1ccc(COc2c(Br)cc(Br)cc2CNc2ccc([N+](=O)[O-])cc2)cc1. The van der Waals surface area contributed by atoms with Gasteiger partial charge in [-0.1, -0.05) is 45.8 Å². The summed E-state index contributed by atoms with van der Waals surface area (Å²) in [5.41, 5.74) is 4.13. The van der Waals surface area contributed by atoms with Gasteiger partial charge in [0, 0.05) is 34.4 Å². The fourth-order valence-electron chi connectivity index (χ4n) is 2.64. The van der Waals surface area contributed by atoms with Gasteiger partial charge in [-0.15, -0.1) is 0 Å². The number of anilines is 1. The molecule has 0 amide bonds. The van der Waals surface area contributed by atoms with Crippen LogP contribution in [-0.4, -0.2) is 4.92 Å². The summed E-state index contributed by atoms with van der Waals surface area (Å²) in [5.74, 6) is 0.762. The predicted molar refractivity (Wildman–Crippen MR) is 118 cm³/mol. The Morgan fingerprint density at radius 1 is 1.04 bits per heavy atom. The number of nitro groups is 1. The van der Waals surface area contributed by atoms with E-state index in [4.69, 9.17) is 4.74 Å². The van der Waals surface area contributed by atoms with Gasteiger partial charge in [0.25, 0.3) is 5.69 Å². The molecule has 3 aromatic carbocycles. The largest absolute Gasteiger partial charge is 0.487 e. The number of hydrogen-bond acceptors (Lipinski definition) is 4. The first-order valence-electron chi connectivity index (χ1n) is 8.57. The molecule has 0 aliphatic rings. The zero-order chi connectivity index (χ0) is 20.1. The van der Waals surface area contributed by atoms with Crippen LogP contribution in [0.4, 0.5) is 11.4 Å². The molecule has 0 radical (unpaired) electrons. The van der Waals surface area contributed by atoms with Crippen LogP contribution in [0.15, 0.2) is 69.6 Å². The van der Waals surface area contributed by atoms with Crippen molar-refractivity contribution in [1.29, 1.82) is 0 Å². The number of nitro benzene ring substituents is 1. The maximum absolute atomic E-state index is 10.8. The average Bonchev–Trinajstić information content (AvgIpc) is 2.67. The average molecular weight is 506 g/mol. The number of hydrogen-bond donors (Lipinski definition) is 1. The number of halogens is 2. The third kappa shape index (κ3) is 5.33. The normalized spacial score (nSPS) is 10.5. The number of nitrogens with one attached hydrogen (secondary N) is 1. The van der Waals surface area contributed by atoms with Crippen molar-refractivity contribution in [1.82, 2.24) is 0 Å². The Kier molecular flexibility index (Phi) is 6.70. The van der Waals surface area contributed by atoms with E-state index in [1.807, 2.05) is 12.1 Å². The molecule has 0 atom stereocenters. The Labute approximate surface area is 180 Å². The van der Waals surface area contributed by atoms with E-state index in [1.165, 1.54) is 17.7 Å². The molecule has 0 spiro atoms. The summed E-state index contributed by atoms with van der Waals surface area (Å²) < 4.78 is 7.88. The van der Waals surface area contributed by atoms with Gasteiger partial charge in [0.2, 0.25) is 0 Å². The van der Waals surface area contributed by atoms with Gasteiger partial charge in [-0.2, -0.15) is 0 Å². The molecule has 3 rings (SSSR count). The molecule has 0 saturated carbocycles. The first-order valence-corrected chi connectivity index (χ1v) is 10.2. The van der Waals surface area contributed by atoms with Crippen molar-refractivity contribution in [3.05, 3.63) is 96.4 Å². The number of non-ortho nitro benzene ring substituents is 1. The van der Waals surface area contributed by atoms with Gasteiger partial charge in [0.05, 0.1) is 9.40 Å². The summed E-state index contributed by atoms with van der Waals surface area (Å²) >= 11 is 7.09. The van der Waals surface area contributed by atoms with Gasteiger partial charge in [0.1, 0.15) is 12.4 Å². The van der Waals surface area contributed by atoms with Crippen molar-refractivity contribution in [3.63, 3.8) is 0 Å². The van der Waals surface area contributed by atoms with Crippen molar-refractivity contribution >= 4 is 43.2 Å². The number of rotatable bonds is 7. The van der Waals surface area contributed by atoms with E-state index in [0.29, 0.717) is 13.2 Å². The van der Waals surface area contributed by atoms with Crippen LogP contribution < -0.4 is 10.1 Å². The number of nitrogens with zero attached hydrogens (tertiary/aromatic N) is 1. The quantitative estimate of drug-likeness (QED) is 0.289. The van der Waals surface area contributed by atoms with Crippen LogP contribution in [0.3, 0.4) is 0 Å². The lowest BCUT2D eigenvalue weighted by atomic mass is 10.1. The summed E-state index contributed by atoms with van der Waals surface area (Å²) in [6.45, 7) is 3.03. The predicted octanol–water partition coefficient (Wildman–Crippen LogP) is 6.62. The lowest BCUT2D eigenvalue weighted by molar-refractivity contribution is -0.384. The molecule has 144 valence electrons. The Morgan fingerprint density at radius 2 is 1.71 bits per heavy atom. The zero-order valence-corrected chi connectivity index (χ0v) is 18.3. The van der Waals surface area contributed by atoms with E-state index in [-0.39, 0.29) is 5.69 Å². The van der Waals surface area contributed by atoms with Gasteiger partial charge < -0.3 is 10.1 Å². The molecule has 0 heterocycles. The van der Waals surface area contributed by atoms with Crippen LogP contribution in [0.1, 0.15) is 16.7 Å². The Balaban J connectivity index is 1.74. The van der Waals surface area contributed by atoms with Crippen LogP contribution in [0.2, 0.25) is 0 Å². The van der Waals surface area contributed by atoms with Gasteiger partial charge in [-0.05, 0) is 52.7 Å². The van der Waals surface area contributed by atoms with E-state index >= 15 is 0 Å². The minimum atomic E-state index is -0.410. The fraction of sp³-hybridized carbons (Fsp3) is 0.143. The molecule has 0 saturated heterocycles. The molecule has 0 fully saturated rings. The van der Waals surface area contributed by atoms with E-state index in [1.54, 1.807) is 12.1 Å². The van der Waals surface area contributed by atoms with Crippen molar-refractivity contribution < 1.29 is 9.66 Å². The van der Waals surface area contributed by atoms with Crippen molar-refractivity contribution in [2.45, 2.75) is 20.1 Å². The maximum Gasteiger partial charge on any atom is 0.269 e. The van der Waals surface area contributed by atoms with E-state index in [9.17, 15) is 10.1 Å².